The molecule has 0 spiro atoms. The van der Waals surface area contributed by atoms with Gasteiger partial charge in [0.25, 0.3) is 0 Å². The fourth-order valence-electron chi connectivity index (χ4n) is 0.118. The standard InChI is InChI=1S/C3H7O.La/c1-2-3-4;/h2-3H2,1H3;/q-1;+1. The fourth-order valence-corrected chi connectivity index (χ4v) is 0.858. The summed E-state index contributed by atoms with van der Waals surface area (Å²) < 4.78 is 4.86. The van der Waals surface area contributed by atoms with Crippen LogP contribution in [0, 0.1) is 34.3 Å². The maximum absolute atomic E-state index is 4.86. The van der Waals surface area contributed by atoms with Gasteiger partial charge in [-0.15, -0.1) is 0 Å². The van der Waals surface area contributed by atoms with Crippen molar-refractivity contribution in [2.75, 3.05) is 6.61 Å². The molecule has 0 rings (SSSR count). The second-order valence-electron chi connectivity index (χ2n) is 0.871. The predicted octanol–water partition coefficient (Wildman–Crippen LogP) is 0.877. The molecule has 0 aromatic rings. The van der Waals surface area contributed by atoms with Crippen LogP contribution in [0.15, 0.2) is 0 Å². The van der Waals surface area contributed by atoms with Gasteiger partial charge >= 0.3 is 55.9 Å². The average Bonchev–Trinajstić information content (AvgIpc) is 1.41. The first kappa shape index (κ1) is 6.15. The molecule has 0 atom stereocenters. The van der Waals surface area contributed by atoms with Gasteiger partial charge in [-0.25, -0.2) is 0 Å². The van der Waals surface area contributed by atoms with Gasteiger partial charge in [-0.05, 0) is 0 Å². The van der Waals surface area contributed by atoms with Crippen LogP contribution in [0.3, 0.4) is 0 Å². The monoisotopic (exact) mass is 198 g/mol. The van der Waals surface area contributed by atoms with Crippen LogP contribution < -0.4 is 0 Å². The van der Waals surface area contributed by atoms with Gasteiger partial charge in [0.1, 0.15) is 0 Å². The number of hydrogen-bond donors (Lipinski definition) is 0. The first-order valence-electron chi connectivity index (χ1n) is 1.73. The SMILES string of the molecule is CCC[O][La]. The summed E-state index contributed by atoms with van der Waals surface area (Å²) in [6.07, 6.45) is 1.16. The van der Waals surface area contributed by atoms with Crippen molar-refractivity contribution in [3.8, 4) is 0 Å². The molecule has 2 heteroatoms. The van der Waals surface area contributed by atoms with Crippen LogP contribution in [0.5, 0.6) is 0 Å². The summed E-state index contributed by atoms with van der Waals surface area (Å²) in [6.45, 7) is 3.08. The summed E-state index contributed by atoms with van der Waals surface area (Å²) in [7, 11) is 0. The van der Waals surface area contributed by atoms with Crippen LogP contribution in [0.2, 0.25) is 0 Å². The van der Waals surface area contributed by atoms with Crippen LogP contribution in [-0.2, 0) is 1.70 Å². The molecule has 0 aliphatic heterocycles. The van der Waals surface area contributed by atoms with E-state index in [-0.39, 0.29) is 0 Å². The quantitative estimate of drug-likeness (QED) is 0.639. The second kappa shape index (κ2) is 5.15. The Balaban J connectivity index is 2.19. The van der Waals surface area contributed by atoms with Crippen molar-refractivity contribution in [1.29, 1.82) is 0 Å². The molecule has 0 aliphatic carbocycles. The summed E-state index contributed by atoms with van der Waals surface area (Å²) in [5.41, 5.74) is 0. The summed E-state index contributed by atoms with van der Waals surface area (Å²) >= 11 is 0.736. The van der Waals surface area contributed by atoms with Crippen LogP contribution in [0.25, 0.3) is 0 Å². The van der Waals surface area contributed by atoms with E-state index >= 15 is 0 Å². The summed E-state index contributed by atoms with van der Waals surface area (Å²) in [4.78, 5) is 0. The van der Waals surface area contributed by atoms with Gasteiger partial charge in [-0.2, -0.15) is 0 Å². The third-order valence-electron chi connectivity index (χ3n) is 0.322. The van der Waals surface area contributed by atoms with E-state index in [1.807, 2.05) is 0 Å². The molecule has 0 bridgehead atoms. The van der Waals surface area contributed by atoms with Crippen molar-refractivity contribution < 1.29 is 36.0 Å². The molecule has 0 saturated heterocycles. The minimum absolute atomic E-state index is 0.736. The van der Waals surface area contributed by atoms with Crippen molar-refractivity contribution in [1.82, 2.24) is 0 Å². The molecular formula is C3H7LaO. The summed E-state index contributed by atoms with van der Waals surface area (Å²) in [5, 5.41) is 0. The molecule has 0 fully saturated rings. The fraction of sp³-hybridized carbons (Fsp3) is 1.00. The zero-order chi connectivity index (χ0) is 4.12. The topological polar surface area (TPSA) is 9.23 Å². The van der Waals surface area contributed by atoms with Crippen molar-refractivity contribution in [2.45, 2.75) is 13.3 Å². The molecule has 0 saturated carbocycles. The Kier molecular flexibility index (Phi) is 6.35. The van der Waals surface area contributed by atoms with E-state index in [0.29, 0.717) is 0 Å². The number of rotatable bonds is 2. The zero-order valence-electron chi connectivity index (χ0n) is 3.40. The Bertz CT molecular complexity index is 14.4. The van der Waals surface area contributed by atoms with E-state index in [4.69, 9.17) is 1.70 Å². The summed E-state index contributed by atoms with van der Waals surface area (Å²) in [6, 6.07) is 0. The van der Waals surface area contributed by atoms with Crippen molar-refractivity contribution in [3.05, 3.63) is 0 Å². The number of hydrogen-bond acceptors (Lipinski definition) is 1. The van der Waals surface area contributed by atoms with E-state index in [2.05, 4.69) is 6.92 Å². The van der Waals surface area contributed by atoms with Gasteiger partial charge in [-0.3, -0.25) is 0 Å². The van der Waals surface area contributed by atoms with E-state index in [9.17, 15) is 0 Å². The molecule has 0 N–H and O–H groups in total. The van der Waals surface area contributed by atoms with E-state index in [1.165, 1.54) is 0 Å². The molecule has 1 nitrogen and oxygen atoms in total. The minimum atomic E-state index is 0.736. The Morgan fingerprint density at radius 2 is 2.40 bits per heavy atom. The first-order chi connectivity index (χ1) is 2.41. The molecule has 0 aliphatic rings. The molecule has 28 valence electrons. The predicted molar refractivity (Wildman–Crippen MR) is 16.2 cm³/mol. The van der Waals surface area contributed by atoms with Gasteiger partial charge < -0.3 is 0 Å². The van der Waals surface area contributed by atoms with Gasteiger partial charge in [0, 0.05) is 0 Å². The van der Waals surface area contributed by atoms with Crippen LogP contribution in [0.4, 0.5) is 0 Å². The molecule has 0 aromatic carbocycles. The van der Waals surface area contributed by atoms with Gasteiger partial charge in [0.15, 0.2) is 0 Å². The third-order valence-corrected chi connectivity index (χ3v) is 1.06. The second-order valence-corrected chi connectivity index (χ2v) is 1.92. The molecule has 0 heterocycles. The average molecular weight is 198 g/mol. The van der Waals surface area contributed by atoms with Crippen molar-refractivity contribution in [3.63, 3.8) is 0 Å². The van der Waals surface area contributed by atoms with Crippen LogP contribution in [0.1, 0.15) is 13.3 Å². The normalized spacial score (nSPS) is 8.00. The van der Waals surface area contributed by atoms with Crippen LogP contribution in [-0.4, -0.2) is 6.61 Å². The van der Waals surface area contributed by atoms with Crippen molar-refractivity contribution >= 4 is 0 Å². The Morgan fingerprint density at radius 1 is 1.80 bits per heavy atom. The molecule has 0 unspecified atom stereocenters. The summed E-state index contributed by atoms with van der Waals surface area (Å²) in [5.74, 6) is 0. The van der Waals surface area contributed by atoms with Crippen molar-refractivity contribution in [2.24, 2.45) is 0 Å². The molecule has 5 heavy (non-hydrogen) atoms. The van der Waals surface area contributed by atoms with Gasteiger partial charge in [-0.1, -0.05) is 0 Å². The maximum atomic E-state index is 4.86. The molecule has 0 aromatic heterocycles. The Labute approximate surface area is 55.6 Å². The van der Waals surface area contributed by atoms with Gasteiger partial charge in [0.05, 0.1) is 0 Å². The molecular weight excluding hydrogens is 191 g/mol. The van der Waals surface area contributed by atoms with Gasteiger partial charge in [0.2, 0.25) is 0 Å². The zero-order valence-corrected chi connectivity index (χ0v) is 7.03. The molecule has 0 amide bonds. The van der Waals surface area contributed by atoms with Crippen LogP contribution >= 0.6 is 0 Å². The Morgan fingerprint density at radius 3 is 2.40 bits per heavy atom. The Hall–Kier alpha value is 1.15. The molecule has 0 radical (unpaired) electrons. The van der Waals surface area contributed by atoms with E-state index < -0.39 is 0 Å². The van der Waals surface area contributed by atoms with E-state index in [1.54, 1.807) is 0 Å². The third kappa shape index (κ3) is 5.15. The first-order valence-corrected chi connectivity index (χ1v) is 3.21. The van der Waals surface area contributed by atoms with E-state index in [0.717, 1.165) is 47.3 Å².